The van der Waals surface area contributed by atoms with Gasteiger partial charge in [0.15, 0.2) is 0 Å². The van der Waals surface area contributed by atoms with E-state index in [0.29, 0.717) is 17.4 Å². The summed E-state index contributed by atoms with van der Waals surface area (Å²) in [6.07, 6.45) is 0.950. The molecule has 3 heterocycles. The third kappa shape index (κ3) is 3.09. The molecule has 3 amide bonds. The van der Waals surface area contributed by atoms with Gasteiger partial charge in [0.05, 0.1) is 19.9 Å². The molecule has 4 unspecified atom stereocenters. The van der Waals surface area contributed by atoms with E-state index in [-0.39, 0.29) is 24.8 Å². The minimum absolute atomic E-state index is 0.186. The van der Waals surface area contributed by atoms with Crippen LogP contribution in [0.15, 0.2) is 30.9 Å². The van der Waals surface area contributed by atoms with Crippen molar-refractivity contribution in [1.29, 1.82) is 0 Å². The zero-order valence-electron chi connectivity index (χ0n) is 17.9. The van der Waals surface area contributed by atoms with Gasteiger partial charge in [0.1, 0.15) is 30.0 Å². The van der Waals surface area contributed by atoms with Crippen LogP contribution < -0.4 is 19.7 Å². The monoisotopic (exact) mass is 415 g/mol. The van der Waals surface area contributed by atoms with Gasteiger partial charge in [-0.05, 0) is 18.1 Å². The highest BCUT2D eigenvalue weighted by Crippen LogP contribution is 2.39. The van der Waals surface area contributed by atoms with E-state index in [1.165, 1.54) is 4.90 Å². The summed E-state index contributed by atoms with van der Waals surface area (Å²) < 4.78 is 11.0. The first-order valence-corrected chi connectivity index (χ1v) is 10.1. The number of nitrogens with zero attached hydrogens (tertiary/aromatic N) is 4. The Kier molecular flexibility index (Phi) is 5.33. The van der Waals surface area contributed by atoms with Gasteiger partial charge in [-0.2, -0.15) is 0 Å². The highest BCUT2D eigenvalue weighted by Gasteiger charge is 2.56. The molecule has 30 heavy (non-hydrogen) atoms. The number of amides is 3. The molecule has 1 aromatic carbocycles. The van der Waals surface area contributed by atoms with Crippen molar-refractivity contribution in [2.75, 3.05) is 45.8 Å². The number of benzene rings is 1. The number of hydrogen-bond acceptors (Lipinski definition) is 7. The van der Waals surface area contributed by atoms with Crippen molar-refractivity contribution in [2.24, 2.45) is 5.92 Å². The van der Waals surface area contributed by atoms with E-state index in [2.05, 4.69) is 28.6 Å². The first-order valence-electron chi connectivity index (χ1n) is 10.1. The van der Waals surface area contributed by atoms with Gasteiger partial charge in [-0.25, -0.2) is 4.79 Å². The first kappa shape index (κ1) is 20.5. The third-order valence-corrected chi connectivity index (χ3v) is 6.09. The normalized spacial score (nSPS) is 29.0. The molecule has 0 radical (unpaired) electrons. The molecule has 1 aromatic rings. The lowest BCUT2D eigenvalue weighted by Gasteiger charge is -2.46. The van der Waals surface area contributed by atoms with Gasteiger partial charge in [0.25, 0.3) is 5.91 Å². The highest BCUT2D eigenvalue weighted by atomic mass is 16.5. The Morgan fingerprint density at radius 1 is 1.23 bits per heavy atom. The van der Waals surface area contributed by atoms with Crippen molar-refractivity contribution in [1.82, 2.24) is 20.0 Å². The van der Waals surface area contributed by atoms with Crippen LogP contribution in [0.25, 0.3) is 0 Å². The van der Waals surface area contributed by atoms with Crippen LogP contribution in [-0.4, -0.2) is 86.0 Å². The Labute approximate surface area is 176 Å². The average molecular weight is 415 g/mol. The van der Waals surface area contributed by atoms with Crippen LogP contribution in [-0.2, 0) is 4.79 Å². The standard InChI is InChI=1S/C21H29N5O4/c1-6-9-24-19(27)17-18(23(3)21(24)28)22-20-25(11-13(2)12-26(17)20)15-8-7-14(29-4)10-16(15)30-5/h6-8,10,13,17-18,20,22H,1,9,11-12H2,2-5H3. The fourth-order valence-corrected chi connectivity index (χ4v) is 4.72. The molecule has 4 rings (SSSR count). The van der Waals surface area contributed by atoms with Crippen molar-refractivity contribution < 1.29 is 19.1 Å². The molecule has 3 aliphatic rings. The maximum absolute atomic E-state index is 13.3. The van der Waals surface area contributed by atoms with Crippen molar-refractivity contribution >= 4 is 17.6 Å². The summed E-state index contributed by atoms with van der Waals surface area (Å²) in [6, 6.07) is 4.96. The summed E-state index contributed by atoms with van der Waals surface area (Å²) >= 11 is 0. The third-order valence-electron chi connectivity index (χ3n) is 6.09. The van der Waals surface area contributed by atoms with Crippen molar-refractivity contribution in [3.05, 3.63) is 30.9 Å². The number of nitrogens with one attached hydrogen (secondary N) is 1. The molecular weight excluding hydrogens is 386 g/mol. The Morgan fingerprint density at radius 3 is 2.67 bits per heavy atom. The summed E-state index contributed by atoms with van der Waals surface area (Å²) in [5.74, 6) is 1.54. The van der Waals surface area contributed by atoms with E-state index in [0.717, 1.165) is 18.8 Å². The second kappa shape index (κ2) is 7.81. The molecule has 162 valence electrons. The van der Waals surface area contributed by atoms with Crippen LogP contribution in [0.5, 0.6) is 11.5 Å². The summed E-state index contributed by atoms with van der Waals surface area (Å²) in [4.78, 5) is 33.2. The zero-order chi connectivity index (χ0) is 21.6. The van der Waals surface area contributed by atoms with Gasteiger partial charge in [0, 0.05) is 32.7 Å². The number of carbonyl (C=O) groups is 2. The van der Waals surface area contributed by atoms with Crippen LogP contribution in [0.4, 0.5) is 10.5 Å². The predicted octanol–water partition coefficient (Wildman–Crippen LogP) is 1.12. The molecule has 0 saturated carbocycles. The molecule has 9 heteroatoms. The molecule has 3 saturated heterocycles. The number of rotatable bonds is 5. The molecular formula is C21H29N5O4. The number of fused-ring (bicyclic) bond motifs is 3. The number of hydrogen-bond donors (Lipinski definition) is 1. The fraction of sp³-hybridized carbons (Fsp3) is 0.524. The van der Waals surface area contributed by atoms with Crippen molar-refractivity contribution in [2.45, 2.75) is 25.4 Å². The van der Waals surface area contributed by atoms with E-state index in [1.807, 2.05) is 18.2 Å². The molecule has 0 spiro atoms. The smallest absolute Gasteiger partial charge is 0.328 e. The van der Waals surface area contributed by atoms with E-state index in [4.69, 9.17) is 9.47 Å². The number of methoxy groups -OCH3 is 2. The van der Waals surface area contributed by atoms with Crippen LogP contribution in [0.1, 0.15) is 6.92 Å². The van der Waals surface area contributed by atoms with Crippen LogP contribution in [0, 0.1) is 5.92 Å². The Bertz CT molecular complexity index is 862. The summed E-state index contributed by atoms with van der Waals surface area (Å²) in [5, 5.41) is 3.51. The SMILES string of the molecule is C=CCN1C(=O)C2C(NC3N(c4ccc(OC)cc4OC)CC(C)CN23)N(C)C1=O. The summed E-state index contributed by atoms with van der Waals surface area (Å²) in [6.45, 7) is 7.60. The second-order valence-corrected chi connectivity index (χ2v) is 8.05. The molecule has 3 fully saturated rings. The quantitative estimate of drug-likeness (QED) is 0.722. The molecule has 0 aliphatic carbocycles. The maximum Gasteiger partial charge on any atom is 0.328 e. The predicted molar refractivity (Wildman–Crippen MR) is 112 cm³/mol. The van der Waals surface area contributed by atoms with E-state index >= 15 is 0 Å². The lowest BCUT2D eigenvalue weighted by Crippen LogP contribution is -2.66. The van der Waals surface area contributed by atoms with Gasteiger partial charge < -0.3 is 19.3 Å². The van der Waals surface area contributed by atoms with Crippen molar-refractivity contribution in [3.63, 3.8) is 0 Å². The van der Waals surface area contributed by atoms with Gasteiger partial charge in [0.2, 0.25) is 0 Å². The summed E-state index contributed by atoms with van der Waals surface area (Å²) in [7, 11) is 4.99. The molecule has 4 atom stereocenters. The van der Waals surface area contributed by atoms with Gasteiger partial charge in [-0.15, -0.1) is 6.58 Å². The number of ether oxygens (including phenoxy) is 2. The lowest BCUT2D eigenvalue weighted by molar-refractivity contribution is -0.138. The lowest BCUT2D eigenvalue weighted by atomic mass is 10.0. The fourth-order valence-electron chi connectivity index (χ4n) is 4.72. The number of anilines is 1. The van der Waals surface area contributed by atoms with Crippen molar-refractivity contribution in [3.8, 4) is 11.5 Å². The van der Waals surface area contributed by atoms with E-state index in [9.17, 15) is 9.59 Å². The first-order chi connectivity index (χ1) is 14.4. The second-order valence-electron chi connectivity index (χ2n) is 8.05. The van der Waals surface area contributed by atoms with E-state index in [1.54, 1.807) is 32.2 Å². The molecule has 0 bridgehead atoms. The van der Waals surface area contributed by atoms with Gasteiger partial charge >= 0.3 is 6.03 Å². The molecule has 3 aliphatic heterocycles. The Balaban J connectivity index is 1.71. The minimum Gasteiger partial charge on any atom is -0.497 e. The minimum atomic E-state index is -0.452. The van der Waals surface area contributed by atoms with Crippen LogP contribution in [0.3, 0.4) is 0 Å². The molecule has 9 nitrogen and oxygen atoms in total. The number of carbonyl (C=O) groups excluding carboxylic acids is 2. The Morgan fingerprint density at radius 2 is 2.00 bits per heavy atom. The maximum atomic E-state index is 13.3. The number of imide groups is 1. The van der Waals surface area contributed by atoms with Crippen LogP contribution in [0.2, 0.25) is 0 Å². The molecule has 1 N–H and O–H groups in total. The zero-order valence-corrected chi connectivity index (χ0v) is 17.9. The molecule has 0 aromatic heterocycles. The number of urea groups is 1. The highest BCUT2D eigenvalue weighted by molar-refractivity contribution is 6.00. The summed E-state index contributed by atoms with van der Waals surface area (Å²) in [5.41, 5.74) is 0.912. The number of likely N-dealkylation sites (N-methyl/N-ethyl adjacent to an activating group) is 1. The van der Waals surface area contributed by atoms with Gasteiger partial charge in [-0.1, -0.05) is 13.0 Å². The van der Waals surface area contributed by atoms with Gasteiger partial charge in [-0.3, -0.25) is 19.9 Å². The largest absolute Gasteiger partial charge is 0.497 e. The average Bonchev–Trinajstić information content (AvgIpc) is 3.13. The Hall–Kier alpha value is -2.78. The topological polar surface area (TPSA) is 77.6 Å². The van der Waals surface area contributed by atoms with Crippen LogP contribution >= 0.6 is 0 Å². The van der Waals surface area contributed by atoms with E-state index < -0.39 is 12.2 Å².